The van der Waals surface area contributed by atoms with Crippen molar-refractivity contribution in [2.75, 3.05) is 6.54 Å². The molecule has 94 valence electrons. The van der Waals surface area contributed by atoms with E-state index in [-0.39, 0.29) is 11.5 Å². The Hall–Kier alpha value is -0.860. The molecule has 1 saturated carbocycles. The standard InChI is InChI=1S/C14H21NO2/c1-10-11-4-2-5-13(17)15-9-3-7-14(11,15)8-6-12(10)16/h10-11H,2-9H2,1H3/t10-,11+,14-/m0/s1. The van der Waals surface area contributed by atoms with E-state index in [1.54, 1.807) is 0 Å². The van der Waals surface area contributed by atoms with E-state index >= 15 is 0 Å². The van der Waals surface area contributed by atoms with Crippen LogP contribution >= 0.6 is 0 Å². The summed E-state index contributed by atoms with van der Waals surface area (Å²) in [5.74, 6) is 1.35. The van der Waals surface area contributed by atoms with Gasteiger partial charge in [-0.2, -0.15) is 0 Å². The topological polar surface area (TPSA) is 37.4 Å². The Morgan fingerprint density at radius 2 is 2.00 bits per heavy atom. The minimum Gasteiger partial charge on any atom is -0.337 e. The third-order valence-electron chi connectivity index (χ3n) is 5.34. The number of nitrogens with zero attached hydrogens (tertiary/aromatic N) is 1. The maximum absolute atomic E-state index is 12.2. The van der Waals surface area contributed by atoms with Gasteiger partial charge in [0.15, 0.2) is 0 Å². The summed E-state index contributed by atoms with van der Waals surface area (Å²) in [5.41, 5.74) is 0.0565. The summed E-state index contributed by atoms with van der Waals surface area (Å²) in [6.45, 7) is 3.01. The van der Waals surface area contributed by atoms with E-state index in [4.69, 9.17) is 0 Å². The van der Waals surface area contributed by atoms with Gasteiger partial charge in [0, 0.05) is 30.8 Å². The molecule has 1 spiro atoms. The molecule has 3 aliphatic rings. The highest BCUT2D eigenvalue weighted by molar-refractivity contribution is 5.84. The van der Waals surface area contributed by atoms with Gasteiger partial charge in [-0.25, -0.2) is 0 Å². The van der Waals surface area contributed by atoms with Crippen molar-refractivity contribution < 1.29 is 9.59 Å². The number of ketones is 1. The molecule has 0 radical (unpaired) electrons. The summed E-state index contributed by atoms with van der Waals surface area (Å²) in [4.78, 5) is 26.2. The van der Waals surface area contributed by atoms with Crippen LogP contribution in [0.3, 0.4) is 0 Å². The van der Waals surface area contributed by atoms with Crippen LogP contribution in [-0.2, 0) is 9.59 Å². The molecule has 0 N–H and O–H groups in total. The molecule has 0 bridgehead atoms. The zero-order chi connectivity index (χ0) is 12.0. The summed E-state index contributed by atoms with van der Waals surface area (Å²) in [5, 5.41) is 0. The van der Waals surface area contributed by atoms with Gasteiger partial charge in [0.05, 0.1) is 0 Å². The number of carbonyl (C=O) groups excluding carboxylic acids is 2. The third kappa shape index (κ3) is 1.47. The molecule has 3 atom stereocenters. The number of rotatable bonds is 0. The van der Waals surface area contributed by atoms with E-state index in [1.165, 1.54) is 0 Å². The second-order valence-corrected chi connectivity index (χ2v) is 6.01. The van der Waals surface area contributed by atoms with E-state index in [0.717, 1.165) is 38.6 Å². The van der Waals surface area contributed by atoms with E-state index in [1.807, 2.05) is 0 Å². The maximum Gasteiger partial charge on any atom is 0.223 e. The lowest BCUT2D eigenvalue weighted by molar-refractivity contribution is -0.143. The summed E-state index contributed by atoms with van der Waals surface area (Å²) >= 11 is 0. The van der Waals surface area contributed by atoms with Gasteiger partial charge < -0.3 is 4.90 Å². The van der Waals surface area contributed by atoms with Crippen LogP contribution < -0.4 is 0 Å². The van der Waals surface area contributed by atoms with Gasteiger partial charge in [0.1, 0.15) is 5.78 Å². The molecule has 2 aliphatic heterocycles. The van der Waals surface area contributed by atoms with Crippen molar-refractivity contribution in [3.05, 3.63) is 0 Å². The van der Waals surface area contributed by atoms with Crippen LogP contribution in [0.5, 0.6) is 0 Å². The second-order valence-electron chi connectivity index (χ2n) is 6.01. The average Bonchev–Trinajstić information content (AvgIpc) is 2.68. The SMILES string of the molecule is C[C@@H]1C(=O)CC[C@]23CCCN2C(=O)CCC[C@H]13. The fourth-order valence-corrected chi connectivity index (χ4v) is 4.49. The molecular formula is C14H21NO2. The molecule has 3 heteroatoms. The smallest absolute Gasteiger partial charge is 0.223 e. The van der Waals surface area contributed by atoms with Crippen molar-refractivity contribution in [1.82, 2.24) is 4.90 Å². The first-order valence-electron chi connectivity index (χ1n) is 6.98. The molecule has 0 aromatic rings. The summed E-state index contributed by atoms with van der Waals surface area (Å²) in [6.07, 6.45) is 6.59. The zero-order valence-electron chi connectivity index (χ0n) is 10.6. The molecule has 3 rings (SSSR count). The first kappa shape index (κ1) is 11.2. The van der Waals surface area contributed by atoms with Gasteiger partial charge in [-0.1, -0.05) is 6.92 Å². The lowest BCUT2D eigenvalue weighted by Gasteiger charge is -2.48. The first-order chi connectivity index (χ1) is 8.15. The molecule has 0 aromatic carbocycles. The molecule has 2 heterocycles. The molecule has 17 heavy (non-hydrogen) atoms. The summed E-state index contributed by atoms with van der Waals surface area (Å²) in [7, 11) is 0. The van der Waals surface area contributed by atoms with Crippen LogP contribution in [0.15, 0.2) is 0 Å². The number of carbonyl (C=O) groups is 2. The summed E-state index contributed by atoms with van der Waals surface area (Å²) < 4.78 is 0. The van der Waals surface area contributed by atoms with Gasteiger partial charge in [0.25, 0.3) is 0 Å². The molecule has 1 aliphatic carbocycles. The predicted molar refractivity (Wildman–Crippen MR) is 64.4 cm³/mol. The van der Waals surface area contributed by atoms with Crippen molar-refractivity contribution in [1.29, 1.82) is 0 Å². The van der Waals surface area contributed by atoms with Gasteiger partial charge in [-0.3, -0.25) is 9.59 Å². The lowest BCUT2D eigenvalue weighted by Crippen LogP contribution is -2.56. The first-order valence-corrected chi connectivity index (χ1v) is 6.98. The van der Waals surface area contributed by atoms with Crippen LogP contribution in [0, 0.1) is 11.8 Å². The highest BCUT2D eigenvalue weighted by Crippen LogP contribution is 2.50. The monoisotopic (exact) mass is 235 g/mol. The predicted octanol–water partition coefficient (Wildman–Crippen LogP) is 2.15. The minimum absolute atomic E-state index is 0.0565. The fourth-order valence-electron chi connectivity index (χ4n) is 4.49. The lowest BCUT2D eigenvalue weighted by atomic mass is 9.64. The second kappa shape index (κ2) is 3.82. The highest BCUT2D eigenvalue weighted by atomic mass is 16.2. The van der Waals surface area contributed by atoms with Crippen molar-refractivity contribution in [3.8, 4) is 0 Å². The Kier molecular flexibility index (Phi) is 2.53. The van der Waals surface area contributed by atoms with E-state index in [2.05, 4.69) is 11.8 Å². The van der Waals surface area contributed by atoms with Crippen LogP contribution in [0.25, 0.3) is 0 Å². The molecule has 3 nitrogen and oxygen atoms in total. The molecule has 3 fully saturated rings. The van der Waals surface area contributed by atoms with Crippen molar-refractivity contribution in [2.24, 2.45) is 11.8 Å². The summed E-state index contributed by atoms with van der Waals surface area (Å²) in [6, 6.07) is 0. The number of amides is 1. The molecule has 1 amide bonds. The fraction of sp³-hybridized carbons (Fsp3) is 0.857. The van der Waals surface area contributed by atoms with Gasteiger partial charge in [0.2, 0.25) is 5.91 Å². The van der Waals surface area contributed by atoms with Crippen molar-refractivity contribution in [2.45, 2.75) is 57.4 Å². The molecule has 0 aromatic heterocycles. The minimum atomic E-state index is 0.0565. The van der Waals surface area contributed by atoms with Crippen LogP contribution in [-0.4, -0.2) is 28.7 Å². The van der Waals surface area contributed by atoms with Crippen LogP contribution in [0.2, 0.25) is 0 Å². The highest BCUT2D eigenvalue weighted by Gasteiger charge is 2.54. The van der Waals surface area contributed by atoms with E-state index in [0.29, 0.717) is 30.4 Å². The van der Waals surface area contributed by atoms with E-state index < -0.39 is 0 Å². The Balaban J connectivity index is 2.01. The molecular weight excluding hydrogens is 214 g/mol. The maximum atomic E-state index is 12.2. The van der Waals surface area contributed by atoms with Gasteiger partial charge in [-0.15, -0.1) is 0 Å². The number of hydrogen-bond acceptors (Lipinski definition) is 2. The average molecular weight is 235 g/mol. The normalized spacial score (nSPS) is 42.1. The van der Waals surface area contributed by atoms with Gasteiger partial charge >= 0.3 is 0 Å². The van der Waals surface area contributed by atoms with Crippen molar-refractivity contribution in [3.63, 3.8) is 0 Å². The van der Waals surface area contributed by atoms with E-state index in [9.17, 15) is 9.59 Å². The Bertz CT molecular complexity index is 365. The molecule has 2 saturated heterocycles. The largest absolute Gasteiger partial charge is 0.337 e. The quantitative estimate of drug-likeness (QED) is 0.645. The van der Waals surface area contributed by atoms with Crippen molar-refractivity contribution >= 4 is 11.7 Å². The Labute approximate surface area is 103 Å². The number of Topliss-reactive ketones (excluding diaryl/α,β-unsaturated/α-hetero) is 1. The Morgan fingerprint density at radius 3 is 2.82 bits per heavy atom. The zero-order valence-corrected chi connectivity index (χ0v) is 10.6. The van der Waals surface area contributed by atoms with Gasteiger partial charge in [-0.05, 0) is 38.0 Å². The Morgan fingerprint density at radius 1 is 1.18 bits per heavy atom. The number of hydrogen-bond donors (Lipinski definition) is 0. The molecule has 0 unspecified atom stereocenters. The van der Waals surface area contributed by atoms with Crippen LogP contribution in [0.1, 0.15) is 51.9 Å². The van der Waals surface area contributed by atoms with Crippen LogP contribution in [0.4, 0.5) is 0 Å². The third-order valence-corrected chi connectivity index (χ3v) is 5.34.